The molecule has 1 nitrogen and oxygen atoms in total. The van der Waals surface area contributed by atoms with Crippen LogP contribution in [0.15, 0.2) is 24.0 Å². The average Bonchev–Trinajstić information content (AvgIpc) is 1.87. The van der Waals surface area contributed by atoms with E-state index in [4.69, 9.17) is 4.74 Å². The monoisotopic (exact) mass is 147 g/mol. The van der Waals surface area contributed by atoms with Gasteiger partial charge < -0.3 is 4.74 Å². The van der Waals surface area contributed by atoms with Crippen molar-refractivity contribution in [2.24, 2.45) is 0 Å². The van der Waals surface area contributed by atoms with Gasteiger partial charge in [0, 0.05) is 18.6 Å². The SMILES string of the molecule is C=C1C=C(C)CO1.[V]. The Morgan fingerprint density at radius 3 is 2.50 bits per heavy atom. The summed E-state index contributed by atoms with van der Waals surface area (Å²) >= 11 is 0. The number of ether oxygens (including phenoxy) is 1. The van der Waals surface area contributed by atoms with Crippen molar-refractivity contribution in [1.82, 2.24) is 0 Å². The molecule has 0 unspecified atom stereocenters. The van der Waals surface area contributed by atoms with Crippen LogP contribution in [0, 0.1) is 0 Å². The first-order chi connectivity index (χ1) is 3.29. The Hall–Kier alpha value is -0.136. The molecule has 0 aliphatic carbocycles. The van der Waals surface area contributed by atoms with Crippen molar-refractivity contribution in [1.29, 1.82) is 0 Å². The van der Waals surface area contributed by atoms with Gasteiger partial charge in [0.25, 0.3) is 0 Å². The third-order valence-electron chi connectivity index (χ3n) is 0.893. The zero-order valence-corrected chi connectivity index (χ0v) is 6.24. The van der Waals surface area contributed by atoms with E-state index < -0.39 is 0 Å². The van der Waals surface area contributed by atoms with E-state index in [1.807, 2.05) is 13.0 Å². The first kappa shape index (κ1) is 7.86. The Bertz CT molecular complexity index is 126. The normalized spacial score (nSPS) is 16.6. The molecule has 0 aromatic heterocycles. The zero-order valence-electron chi connectivity index (χ0n) is 4.85. The predicted octanol–water partition coefficient (Wildman–Crippen LogP) is 1.47. The molecular formula is C6H8OV. The van der Waals surface area contributed by atoms with Crippen molar-refractivity contribution in [3.8, 4) is 0 Å². The average molecular weight is 147 g/mol. The summed E-state index contributed by atoms with van der Waals surface area (Å²) in [5.41, 5.74) is 1.25. The summed E-state index contributed by atoms with van der Waals surface area (Å²) in [6.45, 7) is 6.37. The minimum absolute atomic E-state index is 0. The Morgan fingerprint density at radius 1 is 1.75 bits per heavy atom. The first-order valence-electron chi connectivity index (χ1n) is 2.28. The standard InChI is InChI=1S/C6H8O.V/c1-5-3-6(2)7-4-5;/h3H,2,4H2,1H3;. The van der Waals surface area contributed by atoms with Gasteiger partial charge in [-0.25, -0.2) is 0 Å². The van der Waals surface area contributed by atoms with Crippen LogP contribution in [-0.4, -0.2) is 6.61 Å². The zero-order chi connectivity index (χ0) is 5.28. The van der Waals surface area contributed by atoms with Gasteiger partial charge >= 0.3 is 0 Å². The van der Waals surface area contributed by atoms with Gasteiger partial charge in [0.15, 0.2) is 0 Å². The van der Waals surface area contributed by atoms with Gasteiger partial charge in [-0.05, 0) is 18.6 Å². The smallest absolute Gasteiger partial charge is 0.112 e. The summed E-state index contributed by atoms with van der Waals surface area (Å²) in [7, 11) is 0. The summed E-state index contributed by atoms with van der Waals surface area (Å²) in [6, 6.07) is 0. The Kier molecular flexibility index (Phi) is 2.95. The van der Waals surface area contributed by atoms with Gasteiger partial charge in [0.2, 0.25) is 0 Å². The van der Waals surface area contributed by atoms with Crippen LogP contribution in [0.5, 0.6) is 0 Å². The van der Waals surface area contributed by atoms with E-state index in [-0.39, 0.29) is 18.6 Å². The van der Waals surface area contributed by atoms with Gasteiger partial charge in [-0.15, -0.1) is 0 Å². The van der Waals surface area contributed by atoms with E-state index in [0.717, 1.165) is 12.4 Å². The van der Waals surface area contributed by atoms with Crippen LogP contribution >= 0.6 is 0 Å². The maximum atomic E-state index is 4.98. The molecule has 1 heterocycles. The molecule has 1 radical (unpaired) electrons. The molecule has 1 aliphatic heterocycles. The molecule has 43 valence electrons. The van der Waals surface area contributed by atoms with Crippen LogP contribution in [0.4, 0.5) is 0 Å². The number of rotatable bonds is 0. The molecule has 1 rings (SSSR count). The van der Waals surface area contributed by atoms with Crippen molar-refractivity contribution in [3.05, 3.63) is 24.0 Å². The Morgan fingerprint density at radius 2 is 2.38 bits per heavy atom. The Balaban J connectivity index is 0.000000490. The van der Waals surface area contributed by atoms with Gasteiger partial charge in [-0.2, -0.15) is 0 Å². The maximum absolute atomic E-state index is 4.98. The molecule has 0 saturated heterocycles. The number of hydrogen-bond acceptors (Lipinski definition) is 1. The largest absolute Gasteiger partial charge is 0.490 e. The van der Waals surface area contributed by atoms with Crippen molar-refractivity contribution in [3.63, 3.8) is 0 Å². The second-order valence-corrected chi connectivity index (χ2v) is 1.75. The van der Waals surface area contributed by atoms with Crippen molar-refractivity contribution >= 4 is 0 Å². The molecule has 0 aromatic rings. The van der Waals surface area contributed by atoms with Crippen LogP contribution < -0.4 is 0 Å². The van der Waals surface area contributed by atoms with E-state index in [9.17, 15) is 0 Å². The van der Waals surface area contributed by atoms with Gasteiger partial charge in [0.1, 0.15) is 12.4 Å². The second kappa shape index (κ2) is 3.00. The topological polar surface area (TPSA) is 9.23 Å². The number of hydrogen-bond donors (Lipinski definition) is 0. The number of allylic oxidation sites excluding steroid dienone is 1. The van der Waals surface area contributed by atoms with E-state index in [1.165, 1.54) is 5.57 Å². The van der Waals surface area contributed by atoms with Crippen LogP contribution in [-0.2, 0) is 23.3 Å². The van der Waals surface area contributed by atoms with Gasteiger partial charge in [-0.1, -0.05) is 6.58 Å². The Labute approximate surface area is 61.3 Å². The molecule has 0 spiro atoms. The fraction of sp³-hybridized carbons (Fsp3) is 0.333. The molecule has 0 saturated carbocycles. The third-order valence-corrected chi connectivity index (χ3v) is 0.893. The molecule has 2 heteroatoms. The molecule has 1 aliphatic rings. The predicted molar refractivity (Wildman–Crippen MR) is 28.8 cm³/mol. The second-order valence-electron chi connectivity index (χ2n) is 1.75. The van der Waals surface area contributed by atoms with Crippen molar-refractivity contribution < 1.29 is 23.3 Å². The van der Waals surface area contributed by atoms with Crippen LogP contribution in [0.1, 0.15) is 6.92 Å². The quantitative estimate of drug-likeness (QED) is 0.504. The summed E-state index contributed by atoms with van der Waals surface area (Å²) in [5.74, 6) is 0.789. The third kappa shape index (κ3) is 1.77. The molecule has 0 bridgehead atoms. The van der Waals surface area contributed by atoms with Crippen molar-refractivity contribution in [2.75, 3.05) is 6.61 Å². The molecular weight excluding hydrogens is 139 g/mol. The van der Waals surface area contributed by atoms with Gasteiger partial charge in [0.05, 0.1) is 0 Å². The minimum Gasteiger partial charge on any atom is -0.490 e. The van der Waals surface area contributed by atoms with Gasteiger partial charge in [-0.3, -0.25) is 0 Å². The molecule has 0 fully saturated rings. The first-order valence-corrected chi connectivity index (χ1v) is 2.28. The summed E-state index contributed by atoms with van der Waals surface area (Å²) in [4.78, 5) is 0. The van der Waals surface area contributed by atoms with Crippen molar-refractivity contribution in [2.45, 2.75) is 6.92 Å². The summed E-state index contributed by atoms with van der Waals surface area (Å²) in [5, 5.41) is 0. The fourth-order valence-corrected chi connectivity index (χ4v) is 0.565. The molecule has 0 atom stereocenters. The van der Waals surface area contributed by atoms with E-state index in [1.54, 1.807) is 0 Å². The van der Waals surface area contributed by atoms with E-state index in [0.29, 0.717) is 0 Å². The maximum Gasteiger partial charge on any atom is 0.112 e. The minimum atomic E-state index is 0. The van der Waals surface area contributed by atoms with Crippen LogP contribution in [0.3, 0.4) is 0 Å². The molecule has 0 aromatic carbocycles. The summed E-state index contributed by atoms with van der Waals surface area (Å²) in [6.07, 6.45) is 1.94. The van der Waals surface area contributed by atoms with Crippen LogP contribution in [0.2, 0.25) is 0 Å². The van der Waals surface area contributed by atoms with E-state index in [2.05, 4.69) is 6.58 Å². The fourth-order valence-electron chi connectivity index (χ4n) is 0.565. The molecule has 8 heavy (non-hydrogen) atoms. The van der Waals surface area contributed by atoms with Crippen LogP contribution in [0.25, 0.3) is 0 Å². The van der Waals surface area contributed by atoms with E-state index >= 15 is 0 Å². The molecule has 0 N–H and O–H groups in total. The summed E-state index contributed by atoms with van der Waals surface area (Å²) < 4.78 is 4.98. The molecule has 0 amide bonds.